The van der Waals surface area contributed by atoms with Crippen LogP contribution in [0.5, 0.6) is 0 Å². The minimum absolute atomic E-state index is 0.690. The first kappa shape index (κ1) is 20.5. The zero-order valence-corrected chi connectivity index (χ0v) is 16.3. The number of hydrogen-bond acceptors (Lipinski definition) is 4. The normalized spacial score (nSPS) is 23.1. The van der Waals surface area contributed by atoms with E-state index in [-0.39, 0.29) is 0 Å². The molecule has 0 bridgehead atoms. The summed E-state index contributed by atoms with van der Waals surface area (Å²) in [6.45, 7) is 11.4. The quantitative estimate of drug-likeness (QED) is 0.355. The van der Waals surface area contributed by atoms with Crippen LogP contribution in [0.25, 0.3) is 0 Å². The van der Waals surface area contributed by atoms with Gasteiger partial charge in [0, 0.05) is 53.1 Å². The van der Waals surface area contributed by atoms with Gasteiger partial charge in [-0.05, 0) is 57.0 Å². The molecule has 0 amide bonds. The van der Waals surface area contributed by atoms with Crippen molar-refractivity contribution in [3.63, 3.8) is 0 Å². The Kier molecular flexibility index (Phi) is 10.2. The standard InChI is InChI=1S/C19H38N4O2/c1-3-9-23-10-5-18(15-23)14-22-19(20-2)21-8-4-11-25-16-17-6-12-24-13-7-17/h17-18H,3-16H2,1-2H3,(H2,20,21,22). The monoisotopic (exact) mass is 354 g/mol. The fraction of sp³-hybridized carbons (Fsp3) is 0.947. The Bertz CT molecular complexity index is 372. The molecule has 146 valence electrons. The Labute approximate surface area is 153 Å². The van der Waals surface area contributed by atoms with E-state index in [2.05, 4.69) is 27.4 Å². The Hall–Kier alpha value is -0.850. The van der Waals surface area contributed by atoms with Gasteiger partial charge in [0.05, 0.1) is 0 Å². The number of guanidine groups is 1. The molecule has 0 spiro atoms. The van der Waals surface area contributed by atoms with Gasteiger partial charge in [0.15, 0.2) is 5.96 Å². The van der Waals surface area contributed by atoms with Gasteiger partial charge in [0.2, 0.25) is 0 Å². The molecule has 2 heterocycles. The van der Waals surface area contributed by atoms with E-state index in [1.165, 1.54) is 32.5 Å². The maximum atomic E-state index is 5.80. The molecule has 6 heteroatoms. The van der Waals surface area contributed by atoms with Crippen molar-refractivity contribution in [2.24, 2.45) is 16.8 Å². The highest BCUT2D eigenvalue weighted by atomic mass is 16.5. The lowest BCUT2D eigenvalue weighted by Gasteiger charge is -2.21. The van der Waals surface area contributed by atoms with E-state index < -0.39 is 0 Å². The maximum Gasteiger partial charge on any atom is 0.190 e. The number of nitrogens with one attached hydrogen (secondary N) is 2. The van der Waals surface area contributed by atoms with Crippen LogP contribution in [0.4, 0.5) is 0 Å². The first-order chi connectivity index (χ1) is 12.3. The summed E-state index contributed by atoms with van der Waals surface area (Å²) in [4.78, 5) is 6.89. The van der Waals surface area contributed by atoms with Crippen LogP contribution in [-0.4, -0.2) is 77.1 Å². The second-order valence-electron chi connectivity index (χ2n) is 7.32. The molecular weight excluding hydrogens is 316 g/mol. The summed E-state index contributed by atoms with van der Waals surface area (Å²) in [5.41, 5.74) is 0. The van der Waals surface area contributed by atoms with Crippen LogP contribution in [0.1, 0.15) is 39.0 Å². The summed E-state index contributed by atoms with van der Waals surface area (Å²) in [5, 5.41) is 6.87. The van der Waals surface area contributed by atoms with Gasteiger partial charge in [-0.25, -0.2) is 0 Å². The zero-order valence-electron chi connectivity index (χ0n) is 16.3. The molecule has 2 rings (SSSR count). The molecule has 0 radical (unpaired) electrons. The molecule has 1 unspecified atom stereocenters. The first-order valence-electron chi connectivity index (χ1n) is 10.1. The molecule has 0 saturated carbocycles. The lowest BCUT2D eigenvalue weighted by Crippen LogP contribution is -2.40. The van der Waals surface area contributed by atoms with E-state index in [0.29, 0.717) is 5.92 Å². The van der Waals surface area contributed by atoms with E-state index in [4.69, 9.17) is 9.47 Å². The molecule has 0 aromatic rings. The van der Waals surface area contributed by atoms with Crippen LogP contribution >= 0.6 is 0 Å². The zero-order chi connectivity index (χ0) is 17.7. The molecule has 0 aromatic heterocycles. The van der Waals surface area contributed by atoms with Crippen molar-refractivity contribution < 1.29 is 9.47 Å². The molecule has 0 aromatic carbocycles. The third-order valence-electron chi connectivity index (χ3n) is 5.14. The third-order valence-corrected chi connectivity index (χ3v) is 5.14. The second kappa shape index (κ2) is 12.5. The fourth-order valence-corrected chi connectivity index (χ4v) is 3.60. The Morgan fingerprint density at radius 3 is 2.80 bits per heavy atom. The van der Waals surface area contributed by atoms with Crippen LogP contribution in [0.2, 0.25) is 0 Å². The molecule has 1 atom stereocenters. The largest absolute Gasteiger partial charge is 0.381 e. The summed E-state index contributed by atoms with van der Waals surface area (Å²) in [5.74, 6) is 2.35. The van der Waals surface area contributed by atoms with Gasteiger partial charge in [-0.1, -0.05) is 6.92 Å². The van der Waals surface area contributed by atoms with E-state index in [1.807, 2.05) is 7.05 Å². The Balaban J connectivity index is 1.46. The van der Waals surface area contributed by atoms with Crippen molar-refractivity contribution in [3.8, 4) is 0 Å². The summed E-state index contributed by atoms with van der Waals surface area (Å²) in [6.07, 6.45) is 5.85. The van der Waals surface area contributed by atoms with Crippen molar-refractivity contribution >= 4 is 5.96 Å². The Morgan fingerprint density at radius 2 is 2.04 bits per heavy atom. The highest BCUT2D eigenvalue weighted by Gasteiger charge is 2.21. The van der Waals surface area contributed by atoms with Gasteiger partial charge in [0.25, 0.3) is 0 Å². The first-order valence-corrected chi connectivity index (χ1v) is 10.1. The number of likely N-dealkylation sites (tertiary alicyclic amines) is 1. The van der Waals surface area contributed by atoms with Crippen molar-refractivity contribution in [1.82, 2.24) is 15.5 Å². The number of rotatable bonds is 10. The van der Waals surface area contributed by atoms with E-state index in [1.54, 1.807) is 0 Å². The van der Waals surface area contributed by atoms with E-state index >= 15 is 0 Å². The molecule has 0 aliphatic carbocycles. The molecule has 6 nitrogen and oxygen atoms in total. The predicted octanol–water partition coefficient (Wildman–Crippen LogP) is 1.72. The number of ether oxygens (including phenoxy) is 2. The van der Waals surface area contributed by atoms with Gasteiger partial charge in [-0.15, -0.1) is 0 Å². The molecule has 2 aliphatic heterocycles. The van der Waals surface area contributed by atoms with Gasteiger partial charge in [-0.3, -0.25) is 4.99 Å². The molecule has 2 aliphatic rings. The highest BCUT2D eigenvalue weighted by molar-refractivity contribution is 5.79. The average molecular weight is 355 g/mol. The number of hydrogen-bond donors (Lipinski definition) is 2. The minimum atomic E-state index is 0.690. The fourth-order valence-electron chi connectivity index (χ4n) is 3.60. The van der Waals surface area contributed by atoms with Crippen molar-refractivity contribution in [1.29, 1.82) is 0 Å². The third kappa shape index (κ3) is 8.38. The lowest BCUT2D eigenvalue weighted by atomic mass is 10.0. The molecule has 25 heavy (non-hydrogen) atoms. The van der Waals surface area contributed by atoms with E-state index in [9.17, 15) is 0 Å². The van der Waals surface area contributed by atoms with Crippen LogP contribution in [0.15, 0.2) is 4.99 Å². The number of aliphatic imine (C=N–C) groups is 1. The van der Waals surface area contributed by atoms with Crippen LogP contribution < -0.4 is 10.6 Å². The number of nitrogens with zero attached hydrogens (tertiary/aromatic N) is 2. The Morgan fingerprint density at radius 1 is 1.20 bits per heavy atom. The average Bonchev–Trinajstić information content (AvgIpc) is 3.09. The van der Waals surface area contributed by atoms with Crippen LogP contribution in [0, 0.1) is 11.8 Å². The summed E-state index contributed by atoms with van der Waals surface area (Å²) in [6, 6.07) is 0. The molecular formula is C19H38N4O2. The van der Waals surface area contributed by atoms with Gasteiger partial charge >= 0.3 is 0 Å². The van der Waals surface area contributed by atoms with Crippen molar-refractivity contribution in [2.45, 2.75) is 39.0 Å². The second-order valence-corrected chi connectivity index (χ2v) is 7.32. The minimum Gasteiger partial charge on any atom is -0.381 e. The van der Waals surface area contributed by atoms with Gasteiger partial charge in [0.1, 0.15) is 0 Å². The lowest BCUT2D eigenvalue weighted by molar-refractivity contribution is 0.0203. The van der Waals surface area contributed by atoms with Crippen molar-refractivity contribution in [3.05, 3.63) is 0 Å². The SMILES string of the molecule is CCCN1CCC(CNC(=NC)NCCCOCC2CCOCC2)C1. The smallest absolute Gasteiger partial charge is 0.190 e. The summed E-state index contributed by atoms with van der Waals surface area (Å²) in [7, 11) is 1.84. The molecule has 2 N–H and O–H groups in total. The van der Waals surface area contributed by atoms with Gasteiger partial charge < -0.3 is 25.0 Å². The predicted molar refractivity (Wildman–Crippen MR) is 103 cm³/mol. The highest BCUT2D eigenvalue weighted by Crippen LogP contribution is 2.15. The van der Waals surface area contributed by atoms with Crippen LogP contribution in [0.3, 0.4) is 0 Å². The molecule has 2 saturated heterocycles. The van der Waals surface area contributed by atoms with Gasteiger partial charge in [-0.2, -0.15) is 0 Å². The van der Waals surface area contributed by atoms with E-state index in [0.717, 1.165) is 70.7 Å². The van der Waals surface area contributed by atoms with Crippen molar-refractivity contribution in [2.75, 3.05) is 66.2 Å². The molecule has 2 fully saturated rings. The maximum absolute atomic E-state index is 5.80. The topological polar surface area (TPSA) is 58.1 Å². The summed E-state index contributed by atoms with van der Waals surface area (Å²) < 4.78 is 11.2. The summed E-state index contributed by atoms with van der Waals surface area (Å²) >= 11 is 0. The van der Waals surface area contributed by atoms with Crippen LogP contribution in [-0.2, 0) is 9.47 Å².